The minimum atomic E-state index is -3.03. The van der Waals surface area contributed by atoms with Gasteiger partial charge < -0.3 is 20.5 Å². The number of carbonyl (C=O) groups is 1. The molecule has 0 fully saturated rings. The highest BCUT2D eigenvalue weighted by atomic mass is 35.5. The Morgan fingerprint density at radius 1 is 1.19 bits per heavy atom. The van der Waals surface area contributed by atoms with Crippen LogP contribution in [0, 0.1) is 0 Å². The zero-order valence-corrected chi connectivity index (χ0v) is 17.0. The van der Waals surface area contributed by atoms with Gasteiger partial charge in [0.2, 0.25) is 5.28 Å². The van der Waals surface area contributed by atoms with Crippen molar-refractivity contribution in [1.29, 1.82) is 0 Å². The lowest BCUT2D eigenvalue weighted by Crippen LogP contribution is -2.20. The Bertz CT molecular complexity index is 1070. The molecule has 0 aliphatic carbocycles. The number of aromatic nitrogens is 3. The van der Waals surface area contributed by atoms with Gasteiger partial charge in [0, 0.05) is 30.7 Å². The number of benzene rings is 1. The molecule has 3 rings (SSSR count). The van der Waals surface area contributed by atoms with Gasteiger partial charge in [-0.1, -0.05) is 6.07 Å². The Morgan fingerprint density at radius 3 is 2.58 bits per heavy atom. The van der Waals surface area contributed by atoms with E-state index in [-0.39, 0.29) is 41.5 Å². The highest BCUT2D eigenvalue weighted by Crippen LogP contribution is 2.27. The second kappa shape index (κ2) is 10.1. The molecule has 3 aromatic rings. The Labute approximate surface area is 181 Å². The van der Waals surface area contributed by atoms with Gasteiger partial charge in [-0.05, 0) is 41.4 Å². The number of alkyl halides is 2. The van der Waals surface area contributed by atoms with Crippen LogP contribution in [0.25, 0.3) is 11.1 Å². The molecular formula is C20H18ClF2N5O3. The first-order valence-electron chi connectivity index (χ1n) is 9.03. The van der Waals surface area contributed by atoms with Crippen LogP contribution in [0.3, 0.4) is 0 Å². The number of nitrogens with one attached hydrogen (secondary N) is 2. The van der Waals surface area contributed by atoms with Crippen LogP contribution < -0.4 is 15.4 Å². The normalized spacial score (nSPS) is 10.8. The molecule has 3 N–H and O–H groups in total. The molecule has 11 heteroatoms. The summed E-state index contributed by atoms with van der Waals surface area (Å²) in [6, 6.07) is 7.72. The highest BCUT2D eigenvalue weighted by Gasteiger charge is 2.15. The number of aliphatic hydroxyl groups is 1. The number of ether oxygens (including phenoxy) is 1. The Hall–Kier alpha value is -3.37. The van der Waals surface area contributed by atoms with Gasteiger partial charge in [0.1, 0.15) is 11.4 Å². The molecule has 2 heterocycles. The van der Waals surface area contributed by atoms with Crippen LogP contribution in [0.2, 0.25) is 5.28 Å². The summed E-state index contributed by atoms with van der Waals surface area (Å²) in [6.45, 7) is -3.44. The monoisotopic (exact) mass is 449 g/mol. The van der Waals surface area contributed by atoms with Crippen molar-refractivity contribution in [2.45, 2.75) is 19.8 Å². The fourth-order valence-electron chi connectivity index (χ4n) is 2.79. The van der Waals surface area contributed by atoms with Gasteiger partial charge in [-0.2, -0.15) is 8.78 Å². The number of pyridine rings is 1. The van der Waals surface area contributed by atoms with Crippen LogP contribution in [0.5, 0.6) is 5.75 Å². The number of amides is 1. The average Bonchev–Trinajstić information content (AvgIpc) is 2.78. The van der Waals surface area contributed by atoms with Gasteiger partial charge in [-0.15, -0.1) is 0 Å². The van der Waals surface area contributed by atoms with Crippen molar-refractivity contribution in [1.82, 2.24) is 20.3 Å². The predicted octanol–water partition coefficient (Wildman–Crippen LogP) is 3.26. The van der Waals surface area contributed by atoms with Gasteiger partial charge in [0.15, 0.2) is 0 Å². The summed E-state index contributed by atoms with van der Waals surface area (Å²) in [5, 5.41) is 15.0. The van der Waals surface area contributed by atoms with E-state index in [1.165, 1.54) is 31.6 Å². The number of rotatable bonds is 8. The van der Waals surface area contributed by atoms with Crippen LogP contribution in [0.15, 0.2) is 42.7 Å². The van der Waals surface area contributed by atoms with E-state index in [1.807, 2.05) is 0 Å². The smallest absolute Gasteiger partial charge is 0.387 e. The fourth-order valence-corrected chi connectivity index (χ4v) is 2.89. The molecule has 0 saturated carbocycles. The molecule has 0 spiro atoms. The molecular weight excluding hydrogens is 432 g/mol. The Kier molecular flexibility index (Phi) is 7.27. The number of aliphatic hydroxyl groups excluding tert-OH is 1. The fraction of sp³-hybridized carbons (Fsp3) is 0.200. The van der Waals surface area contributed by atoms with Crippen LogP contribution >= 0.6 is 11.6 Å². The second-order valence-corrected chi connectivity index (χ2v) is 6.56. The summed E-state index contributed by atoms with van der Waals surface area (Å²) >= 11 is 5.73. The van der Waals surface area contributed by atoms with Crippen molar-refractivity contribution in [3.05, 3.63) is 65.0 Å². The van der Waals surface area contributed by atoms with E-state index in [0.29, 0.717) is 22.4 Å². The third-order valence-corrected chi connectivity index (χ3v) is 4.45. The summed E-state index contributed by atoms with van der Waals surface area (Å²) in [7, 11) is 1.49. The molecule has 0 radical (unpaired) electrons. The van der Waals surface area contributed by atoms with E-state index in [2.05, 4.69) is 30.3 Å². The first-order valence-corrected chi connectivity index (χ1v) is 9.41. The standard InChI is InChI=1S/C20H18ClF2N5O3/c1-24-18(30)14-4-2-11(12-7-26-19(21)27-8-12)6-15(14)25-9-16-17(31-20(22)23)5-3-13(10-29)28-16/h2-8,20,25,29H,9-10H2,1H3,(H,24,30). The third kappa shape index (κ3) is 5.62. The van der Waals surface area contributed by atoms with Gasteiger partial charge in [0.25, 0.3) is 5.91 Å². The molecule has 162 valence electrons. The summed E-state index contributed by atoms with van der Waals surface area (Å²) in [5.74, 6) is -0.481. The summed E-state index contributed by atoms with van der Waals surface area (Å²) in [5.41, 5.74) is 2.56. The number of hydrogen-bond donors (Lipinski definition) is 3. The number of halogens is 3. The molecule has 0 unspecified atom stereocenters. The van der Waals surface area contributed by atoms with Crippen LogP contribution in [0.4, 0.5) is 14.5 Å². The van der Waals surface area contributed by atoms with E-state index < -0.39 is 6.61 Å². The van der Waals surface area contributed by atoms with Gasteiger partial charge in [-0.3, -0.25) is 4.79 Å². The minimum Gasteiger partial charge on any atom is -0.433 e. The maximum absolute atomic E-state index is 12.7. The maximum Gasteiger partial charge on any atom is 0.387 e. The topological polar surface area (TPSA) is 109 Å². The van der Waals surface area contributed by atoms with Crippen LogP contribution in [-0.2, 0) is 13.2 Å². The van der Waals surface area contributed by atoms with Crippen molar-refractivity contribution in [2.24, 2.45) is 0 Å². The molecule has 8 nitrogen and oxygen atoms in total. The predicted molar refractivity (Wildman–Crippen MR) is 110 cm³/mol. The first kappa shape index (κ1) is 22.3. The van der Waals surface area contributed by atoms with E-state index in [1.54, 1.807) is 18.2 Å². The third-order valence-electron chi connectivity index (χ3n) is 4.26. The number of nitrogens with zero attached hydrogens (tertiary/aromatic N) is 3. The molecule has 1 amide bonds. The lowest BCUT2D eigenvalue weighted by atomic mass is 10.0. The lowest BCUT2D eigenvalue weighted by molar-refractivity contribution is -0.0507. The molecule has 0 aliphatic heterocycles. The summed E-state index contributed by atoms with van der Waals surface area (Å²) in [6.07, 6.45) is 3.07. The maximum atomic E-state index is 12.7. The van der Waals surface area contributed by atoms with E-state index in [0.717, 1.165) is 0 Å². The van der Waals surface area contributed by atoms with Crippen molar-refractivity contribution < 1.29 is 23.4 Å². The molecule has 1 aromatic carbocycles. The largest absolute Gasteiger partial charge is 0.433 e. The SMILES string of the molecule is CNC(=O)c1ccc(-c2cnc(Cl)nc2)cc1NCc1nc(CO)ccc1OC(F)F. The van der Waals surface area contributed by atoms with Crippen LogP contribution in [0.1, 0.15) is 21.7 Å². The summed E-state index contributed by atoms with van der Waals surface area (Å²) in [4.78, 5) is 24.3. The summed E-state index contributed by atoms with van der Waals surface area (Å²) < 4.78 is 30.0. The average molecular weight is 450 g/mol. The quantitative estimate of drug-likeness (QED) is 0.453. The lowest BCUT2D eigenvalue weighted by Gasteiger charge is -2.15. The number of hydrogen-bond acceptors (Lipinski definition) is 7. The molecule has 0 aliphatic rings. The van der Waals surface area contributed by atoms with Crippen molar-refractivity contribution >= 4 is 23.2 Å². The van der Waals surface area contributed by atoms with Gasteiger partial charge in [-0.25, -0.2) is 15.0 Å². The molecule has 0 saturated heterocycles. The minimum absolute atomic E-state index is 0.0412. The Morgan fingerprint density at radius 2 is 1.94 bits per heavy atom. The van der Waals surface area contributed by atoms with Gasteiger partial charge >= 0.3 is 6.61 Å². The zero-order valence-electron chi connectivity index (χ0n) is 16.3. The second-order valence-electron chi connectivity index (χ2n) is 6.22. The first-order chi connectivity index (χ1) is 14.9. The molecule has 2 aromatic heterocycles. The Balaban J connectivity index is 1.95. The van der Waals surface area contributed by atoms with Crippen molar-refractivity contribution in [3.63, 3.8) is 0 Å². The van der Waals surface area contributed by atoms with E-state index in [9.17, 15) is 18.7 Å². The molecule has 0 atom stereocenters. The number of carbonyl (C=O) groups excluding carboxylic acids is 1. The van der Waals surface area contributed by atoms with Gasteiger partial charge in [0.05, 0.1) is 24.4 Å². The van der Waals surface area contributed by atoms with E-state index >= 15 is 0 Å². The van der Waals surface area contributed by atoms with Crippen molar-refractivity contribution in [2.75, 3.05) is 12.4 Å². The number of anilines is 1. The van der Waals surface area contributed by atoms with E-state index in [4.69, 9.17) is 11.6 Å². The molecule has 31 heavy (non-hydrogen) atoms. The highest BCUT2D eigenvalue weighted by molar-refractivity contribution is 6.28. The van der Waals surface area contributed by atoms with Crippen LogP contribution in [-0.4, -0.2) is 39.6 Å². The zero-order chi connectivity index (χ0) is 22.4. The van der Waals surface area contributed by atoms with Crippen molar-refractivity contribution in [3.8, 4) is 16.9 Å². The molecule has 0 bridgehead atoms.